The highest BCUT2D eigenvalue weighted by Gasteiger charge is 2.65. The van der Waals surface area contributed by atoms with Gasteiger partial charge >= 0.3 is 0 Å². The predicted molar refractivity (Wildman–Crippen MR) is 115 cm³/mol. The molecule has 1 amide bonds. The smallest absolute Gasteiger partial charge is 0.249 e. The van der Waals surface area contributed by atoms with Crippen molar-refractivity contribution in [3.05, 3.63) is 42.1 Å². The van der Waals surface area contributed by atoms with Crippen LogP contribution < -0.4 is 15.0 Å². The van der Waals surface area contributed by atoms with E-state index in [1.54, 1.807) is 30.2 Å². The lowest BCUT2D eigenvalue weighted by Crippen LogP contribution is -2.57. The molecule has 2 aromatic rings. The number of nitrogens with one attached hydrogen (secondary N) is 1. The van der Waals surface area contributed by atoms with Gasteiger partial charge in [-0.15, -0.1) is 11.8 Å². The quantitative estimate of drug-likeness (QED) is 0.471. The number of carbonyl (C=O) groups excluding carboxylic acids is 1. The summed E-state index contributed by atoms with van der Waals surface area (Å²) in [6.45, 7) is 1.95. The van der Waals surface area contributed by atoms with E-state index in [2.05, 4.69) is 10.3 Å². The summed E-state index contributed by atoms with van der Waals surface area (Å²) in [7, 11) is 0. The predicted octanol–water partition coefficient (Wildman–Crippen LogP) is 5.11. The fourth-order valence-electron chi connectivity index (χ4n) is 4.81. The Kier molecular flexibility index (Phi) is 6.00. The van der Waals surface area contributed by atoms with Gasteiger partial charge in [-0.05, 0) is 43.9 Å². The Morgan fingerprint density at radius 3 is 2.72 bits per heavy atom. The van der Waals surface area contributed by atoms with Crippen LogP contribution in [0.2, 0.25) is 0 Å². The van der Waals surface area contributed by atoms with Crippen LogP contribution in [0.15, 0.2) is 35.5 Å². The van der Waals surface area contributed by atoms with Crippen LogP contribution in [0.4, 0.5) is 28.9 Å². The van der Waals surface area contributed by atoms with Gasteiger partial charge in [0.25, 0.3) is 0 Å². The number of amides is 1. The van der Waals surface area contributed by atoms with E-state index in [4.69, 9.17) is 4.74 Å². The number of thioether (sulfide) groups is 1. The summed E-state index contributed by atoms with van der Waals surface area (Å²) in [6, 6.07) is 4.60. The van der Waals surface area contributed by atoms with E-state index in [1.807, 2.05) is 6.26 Å². The third-order valence-electron chi connectivity index (χ3n) is 6.05. The van der Waals surface area contributed by atoms with Gasteiger partial charge in [0.2, 0.25) is 17.6 Å². The van der Waals surface area contributed by atoms with E-state index in [0.717, 1.165) is 6.07 Å². The van der Waals surface area contributed by atoms with Crippen molar-refractivity contribution in [3.63, 3.8) is 0 Å². The lowest BCUT2D eigenvalue weighted by atomic mass is 9.61. The molecule has 1 spiro atoms. The van der Waals surface area contributed by atoms with Crippen molar-refractivity contribution in [2.75, 3.05) is 29.6 Å². The third-order valence-corrected chi connectivity index (χ3v) is 6.69. The maximum absolute atomic E-state index is 14.5. The molecule has 1 aromatic heterocycles. The highest BCUT2D eigenvalue weighted by atomic mass is 32.2. The minimum atomic E-state index is -2.85. The van der Waals surface area contributed by atoms with E-state index >= 15 is 0 Å². The van der Waals surface area contributed by atoms with Gasteiger partial charge in [0, 0.05) is 36.7 Å². The Hall–Kier alpha value is -2.49. The van der Waals surface area contributed by atoms with Crippen molar-refractivity contribution < 1.29 is 27.1 Å². The minimum Gasteiger partial charge on any atom is -0.489 e. The second-order valence-corrected chi connectivity index (χ2v) is 8.96. The molecule has 1 saturated heterocycles. The molecule has 5 nitrogen and oxygen atoms in total. The molecule has 1 aromatic carbocycles. The second kappa shape index (κ2) is 8.46. The van der Waals surface area contributed by atoms with Crippen LogP contribution in [0, 0.1) is 17.0 Å². The topological polar surface area (TPSA) is 54.5 Å². The fraction of sp³-hybridized carbons (Fsp3) is 0.455. The first kappa shape index (κ1) is 22.7. The molecule has 4 rings (SSSR count). The highest BCUT2D eigenvalue weighted by molar-refractivity contribution is 7.98. The van der Waals surface area contributed by atoms with Gasteiger partial charge in [0.05, 0.1) is 17.3 Å². The molecule has 172 valence electrons. The molecular formula is C22H23F4N3O2S. The van der Waals surface area contributed by atoms with Crippen molar-refractivity contribution in [2.45, 2.75) is 43.2 Å². The molecule has 32 heavy (non-hydrogen) atoms. The van der Waals surface area contributed by atoms with Crippen LogP contribution in [-0.2, 0) is 4.79 Å². The number of anilines is 2. The normalized spacial score (nSPS) is 20.8. The van der Waals surface area contributed by atoms with Gasteiger partial charge in [-0.3, -0.25) is 4.79 Å². The summed E-state index contributed by atoms with van der Waals surface area (Å²) in [5.41, 5.74) is -0.299. The number of halogens is 4. The van der Waals surface area contributed by atoms with Crippen LogP contribution in [0.1, 0.15) is 26.2 Å². The summed E-state index contributed by atoms with van der Waals surface area (Å²) in [5.74, 6) is -5.90. The number of hydrogen-bond donors (Lipinski definition) is 1. The summed E-state index contributed by atoms with van der Waals surface area (Å²) in [4.78, 5) is 19.1. The zero-order valence-corrected chi connectivity index (χ0v) is 18.4. The average molecular weight is 470 g/mol. The summed E-state index contributed by atoms with van der Waals surface area (Å²) in [5, 5.41) is 3.49. The lowest BCUT2D eigenvalue weighted by Gasteiger charge is -2.48. The highest BCUT2D eigenvalue weighted by Crippen LogP contribution is 2.61. The molecule has 10 heteroatoms. The van der Waals surface area contributed by atoms with Gasteiger partial charge in [0.15, 0.2) is 11.6 Å². The van der Waals surface area contributed by atoms with E-state index in [-0.39, 0.29) is 24.6 Å². The van der Waals surface area contributed by atoms with Crippen LogP contribution in [-0.4, -0.2) is 42.3 Å². The molecule has 1 atom stereocenters. The molecule has 0 bridgehead atoms. The SMILES string of the molecule is CCOc1c(N2CCC3(CC(F)(F)C3)C2C(=O)Nc2ccnc(SC)c2)ccc(F)c1F. The third kappa shape index (κ3) is 4.00. The second-order valence-electron chi connectivity index (χ2n) is 8.14. The Bertz CT molecular complexity index is 1030. The minimum absolute atomic E-state index is 0.0791. The number of nitrogens with zero attached hydrogens (tertiary/aromatic N) is 2. The van der Waals surface area contributed by atoms with Crippen molar-refractivity contribution >= 4 is 29.0 Å². The number of ether oxygens (including phenoxy) is 1. The van der Waals surface area contributed by atoms with Crippen LogP contribution in [0.3, 0.4) is 0 Å². The van der Waals surface area contributed by atoms with E-state index in [1.165, 1.54) is 17.8 Å². The lowest BCUT2D eigenvalue weighted by molar-refractivity contribution is -0.166. The van der Waals surface area contributed by atoms with Gasteiger partial charge in [-0.25, -0.2) is 18.2 Å². The maximum Gasteiger partial charge on any atom is 0.249 e. The maximum atomic E-state index is 14.5. The standard InChI is InChI=1S/C22H23F4N3O2S/c1-3-31-18-15(5-4-14(23)17(18)24)29-9-7-21(11-22(25,26)12-21)19(29)20(30)28-13-6-8-27-16(10-13)32-2/h4-6,8,10,19H,3,7,9,11-12H2,1-2H3,(H,27,28,30). The molecule has 1 aliphatic carbocycles. The zero-order chi connectivity index (χ0) is 23.1. The Balaban J connectivity index is 1.71. The molecule has 1 N–H and O–H groups in total. The van der Waals surface area contributed by atoms with Crippen molar-refractivity contribution in [2.24, 2.45) is 5.41 Å². The van der Waals surface area contributed by atoms with Crippen molar-refractivity contribution in [1.82, 2.24) is 4.98 Å². The summed E-state index contributed by atoms with van der Waals surface area (Å²) >= 11 is 1.40. The zero-order valence-electron chi connectivity index (χ0n) is 17.6. The average Bonchev–Trinajstić information content (AvgIpc) is 3.10. The number of hydrogen-bond acceptors (Lipinski definition) is 5. The Morgan fingerprint density at radius 1 is 1.31 bits per heavy atom. The van der Waals surface area contributed by atoms with E-state index in [0.29, 0.717) is 17.1 Å². The summed E-state index contributed by atoms with van der Waals surface area (Å²) < 4.78 is 61.6. The molecule has 0 radical (unpaired) electrons. The van der Waals surface area contributed by atoms with Gasteiger partial charge in [0.1, 0.15) is 6.04 Å². The molecule has 1 aliphatic heterocycles. The fourth-order valence-corrected chi connectivity index (χ4v) is 5.22. The monoisotopic (exact) mass is 469 g/mol. The number of rotatable bonds is 6. The Labute approximate surface area is 187 Å². The molecule has 2 heterocycles. The first-order chi connectivity index (χ1) is 15.2. The van der Waals surface area contributed by atoms with Crippen molar-refractivity contribution in [1.29, 1.82) is 0 Å². The number of aromatic nitrogens is 1. The van der Waals surface area contributed by atoms with Gasteiger partial charge in [-0.2, -0.15) is 4.39 Å². The summed E-state index contributed by atoms with van der Waals surface area (Å²) in [6.07, 6.45) is 2.85. The molecule has 2 fully saturated rings. The largest absolute Gasteiger partial charge is 0.489 e. The molecular weight excluding hydrogens is 446 g/mol. The van der Waals surface area contributed by atoms with E-state index < -0.39 is 47.8 Å². The van der Waals surface area contributed by atoms with E-state index in [9.17, 15) is 22.4 Å². The van der Waals surface area contributed by atoms with Crippen molar-refractivity contribution in [3.8, 4) is 5.75 Å². The number of alkyl halides is 2. The number of carbonyl (C=O) groups is 1. The van der Waals surface area contributed by atoms with Crippen LogP contribution in [0.5, 0.6) is 5.75 Å². The molecule has 1 saturated carbocycles. The Morgan fingerprint density at radius 2 is 2.06 bits per heavy atom. The molecule has 2 aliphatic rings. The van der Waals surface area contributed by atoms with Crippen LogP contribution >= 0.6 is 11.8 Å². The first-order valence-electron chi connectivity index (χ1n) is 10.3. The number of benzene rings is 1. The number of pyridine rings is 1. The van der Waals surface area contributed by atoms with Gasteiger partial charge in [-0.1, -0.05) is 0 Å². The van der Waals surface area contributed by atoms with Gasteiger partial charge < -0.3 is 15.0 Å². The first-order valence-corrected chi connectivity index (χ1v) is 11.5. The molecule has 1 unspecified atom stereocenters. The van der Waals surface area contributed by atoms with Crippen LogP contribution in [0.25, 0.3) is 0 Å².